The van der Waals surface area contributed by atoms with Crippen molar-refractivity contribution in [1.29, 1.82) is 0 Å². The van der Waals surface area contributed by atoms with Gasteiger partial charge in [0.15, 0.2) is 5.78 Å². The highest BCUT2D eigenvalue weighted by Crippen LogP contribution is 2.44. The molecule has 66 valence electrons. The molecule has 4 bridgehead atoms. The standard InChI is InChI=1S/C10H14O2/c11-10-8-2-6-1-7(3-8)5-12-9(10)4-6/h6-9H,1-5H2/t6-,7+,8-,9-/m1/s1. The van der Waals surface area contributed by atoms with E-state index in [4.69, 9.17) is 4.74 Å². The first-order chi connectivity index (χ1) is 5.83. The normalized spacial score (nSPS) is 51.2. The topological polar surface area (TPSA) is 26.3 Å². The van der Waals surface area contributed by atoms with E-state index in [2.05, 4.69) is 0 Å². The molecular formula is C10H14O2. The highest BCUT2D eigenvalue weighted by Gasteiger charge is 2.45. The molecule has 2 heterocycles. The number of rotatable bonds is 0. The van der Waals surface area contributed by atoms with Crippen molar-refractivity contribution >= 4 is 5.78 Å². The van der Waals surface area contributed by atoms with Crippen molar-refractivity contribution in [2.75, 3.05) is 6.61 Å². The third-order valence-corrected chi connectivity index (χ3v) is 3.70. The minimum absolute atomic E-state index is 0.0127. The van der Waals surface area contributed by atoms with Crippen LogP contribution in [-0.2, 0) is 9.53 Å². The summed E-state index contributed by atoms with van der Waals surface area (Å²) in [5, 5.41) is 0. The third-order valence-electron chi connectivity index (χ3n) is 3.70. The Morgan fingerprint density at radius 3 is 2.83 bits per heavy atom. The number of carbonyl (C=O) groups excluding carboxylic acids is 1. The second-order valence-corrected chi connectivity index (χ2v) is 4.60. The third kappa shape index (κ3) is 0.875. The minimum Gasteiger partial charge on any atom is -0.370 e. The summed E-state index contributed by atoms with van der Waals surface area (Å²) in [6, 6.07) is 0. The van der Waals surface area contributed by atoms with E-state index in [1.807, 2.05) is 0 Å². The molecule has 2 aliphatic carbocycles. The van der Waals surface area contributed by atoms with E-state index < -0.39 is 0 Å². The van der Waals surface area contributed by atoms with E-state index in [0.717, 1.165) is 31.8 Å². The van der Waals surface area contributed by atoms with Crippen molar-refractivity contribution in [3.63, 3.8) is 0 Å². The zero-order chi connectivity index (χ0) is 8.13. The van der Waals surface area contributed by atoms with Crippen LogP contribution in [0.4, 0.5) is 0 Å². The molecule has 4 fully saturated rings. The van der Waals surface area contributed by atoms with Crippen molar-refractivity contribution in [1.82, 2.24) is 0 Å². The van der Waals surface area contributed by atoms with Gasteiger partial charge < -0.3 is 4.74 Å². The second kappa shape index (κ2) is 2.32. The molecule has 0 aromatic heterocycles. The summed E-state index contributed by atoms with van der Waals surface area (Å²) in [5.74, 6) is 2.28. The van der Waals surface area contributed by atoms with Gasteiger partial charge in [-0.25, -0.2) is 0 Å². The molecule has 0 radical (unpaired) electrons. The molecule has 0 N–H and O–H groups in total. The van der Waals surface area contributed by atoms with Crippen LogP contribution in [0.15, 0.2) is 0 Å². The van der Waals surface area contributed by atoms with Crippen molar-refractivity contribution < 1.29 is 9.53 Å². The van der Waals surface area contributed by atoms with E-state index in [1.165, 1.54) is 6.42 Å². The number of Topliss-reactive ketones (excluding diaryl/α,β-unsaturated/α-hetero) is 1. The van der Waals surface area contributed by atoms with Crippen LogP contribution in [0.1, 0.15) is 25.7 Å². The van der Waals surface area contributed by atoms with Crippen LogP contribution in [-0.4, -0.2) is 18.5 Å². The van der Waals surface area contributed by atoms with Crippen LogP contribution in [0.3, 0.4) is 0 Å². The maximum Gasteiger partial charge on any atom is 0.164 e. The Hall–Kier alpha value is -0.370. The largest absolute Gasteiger partial charge is 0.370 e. The van der Waals surface area contributed by atoms with Gasteiger partial charge in [-0.15, -0.1) is 0 Å². The summed E-state index contributed by atoms with van der Waals surface area (Å²) in [6.07, 6.45) is 4.61. The van der Waals surface area contributed by atoms with Crippen LogP contribution in [0.25, 0.3) is 0 Å². The van der Waals surface area contributed by atoms with Crippen molar-refractivity contribution in [2.45, 2.75) is 31.8 Å². The van der Waals surface area contributed by atoms with Crippen molar-refractivity contribution in [3.8, 4) is 0 Å². The summed E-state index contributed by atoms with van der Waals surface area (Å²) in [7, 11) is 0. The quantitative estimate of drug-likeness (QED) is 0.543. The molecule has 2 heteroatoms. The molecular weight excluding hydrogens is 152 g/mol. The van der Waals surface area contributed by atoms with E-state index in [-0.39, 0.29) is 6.10 Å². The number of hydrogen-bond acceptors (Lipinski definition) is 2. The molecule has 2 nitrogen and oxygen atoms in total. The molecule has 4 aliphatic rings. The van der Waals surface area contributed by atoms with Gasteiger partial charge in [-0.2, -0.15) is 0 Å². The van der Waals surface area contributed by atoms with Crippen LogP contribution in [0.5, 0.6) is 0 Å². The summed E-state index contributed by atoms with van der Waals surface area (Å²) in [4.78, 5) is 11.7. The number of hydrogen-bond donors (Lipinski definition) is 0. The van der Waals surface area contributed by atoms with Gasteiger partial charge in [0.05, 0.1) is 6.61 Å². The molecule has 0 aromatic carbocycles. The first-order valence-electron chi connectivity index (χ1n) is 4.98. The number of carbonyl (C=O) groups is 1. The van der Waals surface area contributed by atoms with E-state index in [0.29, 0.717) is 17.6 Å². The first-order valence-corrected chi connectivity index (χ1v) is 4.98. The van der Waals surface area contributed by atoms with Gasteiger partial charge >= 0.3 is 0 Å². The summed E-state index contributed by atoms with van der Waals surface area (Å²) < 4.78 is 5.59. The maximum absolute atomic E-state index is 11.7. The Balaban J connectivity index is 1.97. The fraction of sp³-hybridized carbons (Fsp3) is 0.900. The Kier molecular flexibility index (Phi) is 1.37. The Morgan fingerprint density at radius 1 is 1.08 bits per heavy atom. The summed E-state index contributed by atoms with van der Waals surface area (Å²) >= 11 is 0. The average Bonchev–Trinajstić information content (AvgIpc) is 2.27. The van der Waals surface area contributed by atoms with Crippen molar-refractivity contribution in [3.05, 3.63) is 0 Å². The van der Waals surface area contributed by atoms with Gasteiger partial charge in [-0.1, -0.05) is 0 Å². The first kappa shape index (κ1) is 7.07. The highest BCUT2D eigenvalue weighted by molar-refractivity contribution is 5.86. The zero-order valence-corrected chi connectivity index (χ0v) is 7.16. The molecule has 4 atom stereocenters. The SMILES string of the molecule is O=C1[C@@H]2C[C@H]3C[C@H](CO[C@@H]1C3)C2. The minimum atomic E-state index is -0.0127. The van der Waals surface area contributed by atoms with Crippen molar-refractivity contribution in [2.24, 2.45) is 17.8 Å². The van der Waals surface area contributed by atoms with Crippen LogP contribution in [0.2, 0.25) is 0 Å². The van der Waals surface area contributed by atoms with Gasteiger partial charge in [-0.05, 0) is 37.5 Å². The molecule has 2 aliphatic heterocycles. The van der Waals surface area contributed by atoms with Crippen LogP contribution >= 0.6 is 0 Å². The molecule has 2 saturated heterocycles. The fourth-order valence-electron chi connectivity index (χ4n) is 3.21. The lowest BCUT2D eigenvalue weighted by Crippen LogP contribution is -2.38. The molecule has 0 amide bonds. The lowest BCUT2D eigenvalue weighted by Gasteiger charge is -2.35. The lowest BCUT2D eigenvalue weighted by molar-refractivity contribution is -0.137. The lowest BCUT2D eigenvalue weighted by atomic mass is 9.68. The van der Waals surface area contributed by atoms with Crippen LogP contribution in [0, 0.1) is 17.8 Å². The Labute approximate surface area is 72.3 Å². The predicted octanol–water partition coefficient (Wildman–Crippen LogP) is 1.39. The van der Waals surface area contributed by atoms with E-state index in [9.17, 15) is 4.79 Å². The maximum atomic E-state index is 11.7. The zero-order valence-electron chi connectivity index (χ0n) is 7.16. The van der Waals surface area contributed by atoms with E-state index >= 15 is 0 Å². The second-order valence-electron chi connectivity index (χ2n) is 4.60. The molecule has 0 spiro atoms. The monoisotopic (exact) mass is 166 g/mol. The van der Waals surface area contributed by atoms with E-state index in [1.54, 1.807) is 0 Å². The Bertz CT molecular complexity index is 214. The fourth-order valence-corrected chi connectivity index (χ4v) is 3.21. The Morgan fingerprint density at radius 2 is 1.92 bits per heavy atom. The van der Waals surface area contributed by atoms with Crippen LogP contribution < -0.4 is 0 Å². The van der Waals surface area contributed by atoms with Gasteiger partial charge in [0.2, 0.25) is 0 Å². The molecule has 0 aromatic rings. The number of fused-ring (bicyclic) bond motifs is 1. The number of ether oxygens (including phenoxy) is 1. The van der Waals surface area contributed by atoms with Gasteiger partial charge in [0, 0.05) is 5.92 Å². The average molecular weight is 166 g/mol. The molecule has 4 rings (SSSR count). The smallest absolute Gasteiger partial charge is 0.164 e. The van der Waals surface area contributed by atoms with Gasteiger partial charge in [-0.3, -0.25) is 4.79 Å². The predicted molar refractivity (Wildman–Crippen MR) is 43.7 cm³/mol. The number of ketones is 1. The highest BCUT2D eigenvalue weighted by atomic mass is 16.5. The van der Waals surface area contributed by atoms with Gasteiger partial charge in [0.25, 0.3) is 0 Å². The summed E-state index contributed by atoms with van der Waals surface area (Å²) in [5.41, 5.74) is 0. The molecule has 2 saturated carbocycles. The van der Waals surface area contributed by atoms with Gasteiger partial charge in [0.1, 0.15) is 6.10 Å². The molecule has 0 unspecified atom stereocenters. The molecule has 12 heavy (non-hydrogen) atoms. The summed E-state index contributed by atoms with van der Waals surface area (Å²) in [6.45, 7) is 0.851.